The van der Waals surface area contributed by atoms with Crippen LogP contribution in [-0.2, 0) is 4.79 Å². The maximum Gasteiger partial charge on any atom is 0.142 e. The summed E-state index contributed by atoms with van der Waals surface area (Å²) in [5, 5.41) is 0. The van der Waals surface area contributed by atoms with Crippen molar-refractivity contribution in [1.82, 2.24) is 0 Å². The zero-order chi connectivity index (χ0) is 8.20. The van der Waals surface area contributed by atoms with Crippen LogP contribution in [0.4, 0.5) is 0 Å². The number of hydrogen-bond donors (Lipinski definition) is 0. The molecule has 0 amide bonds. The molecule has 0 aliphatic heterocycles. The zero-order valence-electron chi connectivity index (χ0n) is 7.27. The van der Waals surface area contributed by atoms with Crippen LogP contribution >= 0.6 is 0 Å². The van der Waals surface area contributed by atoms with E-state index in [1.54, 1.807) is 6.08 Å². The Bertz CT molecular complexity index is 137. The first-order chi connectivity index (χ1) is 4.52. The van der Waals surface area contributed by atoms with Crippen molar-refractivity contribution in [2.75, 3.05) is 0 Å². The van der Waals surface area contributed by atoms with E-state index in [1.807, 2.05) is 0 Å². The highest BCUT2D eigenvalue weighted by Gasteiger charge is 2.13. The molecule has 0 aliphatic carbocycles. The van der Waals surface area contributed by atoms with E-state index in [1.165, 1.54) is 5.57 Å². The quantitative estimate of drug-likeness (QED) is 0.425. The maximum absolute atomic E-state index is 10.1. The Morgan fingerprint density at radius 3 is 2.00 bits per heavy atom. The third-order valence-electron chi connectivity index (χ3n) is 1.61. The van der Waals surface area contributed by atoms with E-state index < -0.39 is 0 Å². The van der Waals surface area contributed by atoms with Crippen molar-refractivity contribution in [3.63, 3.8) is 0 Å². The molecule has 0 spiro atoms. The van der Waals surface area contributed by atoms with Crippen LogP contribution in [0.15, 0.2) is 11.6 Å². The van der Waals surface area contributed by atoms with Crippen LogP contribution in [0.1, 0.15) is 34.1 Å². The van der Waals surface area contributed by atoms with Crippen LogP contribution in [0.25, 0.3) is 0 Å². The summed E-state index contributed by atoms with van der Waals surface area (Å²) < 4.78 is 0. The SMILES string of the molecule is CC/C(=C\C=O)C(C)(C)C. The molecular formula is C9H16O. The third kappa shape index (κ3) is 2.81. The minimum absolute atomic E-state index is 0.148. The van der Waals surface area contributed by atoms with Gasteiger partial charge in [0.25, 0.3) is 0 Å². The molecule has 0 radical (unpaired) electrons. The second-order valence-corrected chi connectivity index (χ2v) is 3.43. The summed E-state index contributed by atoms with van der Waals surface area (Å²) in [5.41, 5.74) is 1.36. The van der Waals surface area contributed by atoms with Crippen molar-refractivity contribution in [2.24, 2.45) is 5.41 Å². The van der Waals surface area contributed by atoms with E-state index in [0.717, 1.165) is 12.7 Å². The first kappa shape index (κ1) is 9.41. The summed E-state index contributed by atoms with van der Waals surface area (Å²) in [6, 6.07) is 0. The second kappa shape index (κ2) is 3.55. The lowest BCUT2D eigenvalue weighted by molar-refractivity contribution is -0.104. The van der Waals surface area contributed by atoms with Gasteiger partial charge in [0.15, 0.2) is 0 Å². The van der Waals surface area contributed by atoms with Crippen molar-refractivity contribution < 1.29 is 4.79 Å². The molecule has 1 nitrogen and oxygen atoms in total. The Balaban J connectivity index is 4.35. The molecule has 0 aromatic rings. The summed E-state index contributed by atoms with van der Waals surface area (Å²) in [5.74, 6) is 0. The number of carbonyl (C=O) groups excluding carboxylic acids is 1. The summed E-state index contributed by atoms with van der Waals surface area (Å²) in [6.45, 7) is 8.42. The van der Waals surface area contributed by atoms with Gasteiger partial charge in [-0.25, -0.2) is 0 Å². The van der Waals surface area contributed by atoms with Gasteiger partial charge in [0.05, 0.1) is 0 Å². The van der Waals surface area contributed by atoms with E-state index in [4.69, 9.17) is 0 Å². The molecule has 10 heavy (non-hydrogen) atoms. The Kier molecular flexibility index (Phi) is 3.34. The molecule has 0 fully saturated rings. The highest BCUT2D eigenvalue weighted by molar-refractivity contribution is 5.66. The van der Waals surface area contributed by atoms with E-state index in [9.17, 15) is 4.79 Å². The molecule has 0 aromatic heterocycles. The Morgan fingerprint density at radius 1 is 1.40 bits per heavy atom. The molecular weight excluding hydrogens is 124 g/mol. The van der Waals surface area contributed by atoms with Crippen LogP contribution in [-0.4, -0.2) is 6.29 Å². The molecule has 0 bridgehead atoms. The van der Waals surface area contributed by atoms with Gasteiger partial charge in [-0.15, -0.1) is 0 Å². The smallest absolute Gasteiger partial charge is 0.142 e. The second-order valence-electron chi connectivity index (χ2n) is 3.43. The van der Waals surface area contributed by atoms with Gasteiger partial charge in [-0.3, -0.25) is 4.79 Å². The molecule has 0 aliphatic rings. The highest BCUT2D eigenvalue weighted by Crippen LogP contribution is 2.26. The van der Waals surface area contributed by atoms with E-state index in [0.29, 0.717) is 0 Å². The van der Waals surface area contributed by atoms with Gasteiger partial charge >= 0.3 is 0 Å². The average molecular weight is 140 g/mol. The van der Waals surface area contributed by atoms with Crippen LogP contribution in [0.3, 0.4) is 0 Å². The molecule has 0 aromatic carbocycles. The van der Waals surface area contributed by atoms with Gasteiger partial charge < -0.3 is 0 Å². The van der Waals surface area contributed by atoms with Gasteiger partial charge in [0, 0.05) is 0 Å². The lowest BCUT2D eigenvalue weighted by Gasteiger charge is -2.20. The van der Waals surface area contributed by atoms with Gasteiger partial charge in [-0.2, -0.15) is 0 Å². The van der Waals surface area contributed by atoms with Crippen LogP contribution in [0.2, 0.25) is 0 Å². The zero-order valence-corrected chi connectivity index (χ0v) is 7.27. The van der Waals surface area contributed by atoms with Crippen molar-refractivity contribution >= 4 is 6.29 Å². The average Bonchev–Trinajstić information content (AvgIpc) is 1.80. The topological polar surface area (TPSA) is 17.1 Å². The fraction of sp³-hybridized carbons (Fsp3) is 0.667. The summed E-state index contributed by atoms with van der Waals surface area (Å²) in [6.07, 6.45) is 3.49. The largest absolute Gasteiger partial charge is 0.299 e. The number of rotatable bonds is 2. The Labute approximate surface area is 63.1 Å². The lowest BCUT2D eigenvalue weighted by Crippen LogP contribution is -2.08. The standard InChI is InChI=1S/C9H16O/c1-5-8(6-7-10)9(2,3)4/h6-7H,5H2,1-4H3/b8-6+. The first-order valence-electron chi connectivity index (χ1n) is 3.67. The van der Waals surface area contributed by atoms with Crippen molar-refractivity contribution in [3.8, 4) is 0 Å². The minimum Gasteiger partial charge on any atom is -0.299 e. The predicted molar refractivity (Wildman–Crippen MR) is 43.9 cm³/mol. The number of allylic oxidation sites excluding steroid dienone is 2. The molecule has 0 rings (SSSR count). The maximum atomic E-state index is 10.1. The predicted octanol–water partition coefficient (Wildman–Crippen LogP) is 2.57. The molecule has 0 N–H and O–H groups in total. The van der Waals surface area contributed by atoms with Gasteiger partial charge in [0.1, 0.15) is 6.29 Å². The Hall–Kier alpha value is -0.590. The van der Waals surface area contributed by atoms with Crippen LogP contribution in [0, 0.1) is 5.41 Å². The monoisotopic (exact) mass is 140 g/mol. The summed E-state index contributed by atoms with van der Waals surface area (Å²) >= 11 is 0. The summed E-state index contributed by atoms with van der Waals surface area (Å²) in [7, 11) is 0. The molecule has 0 saturated carbocycles. The molecule has 1 heteroatoms. The van der Waals surface area contributed by atoms with Crippen molar-refractivity contribution in [3.05, 3.63) is 11.6 Å². The van der Waals surface area contributed by atoms with Crippen molar-refractivity contribution in [2.45, 2.75) is 34.1 Å². The molecule has 0 saturated heterocycles. The van der Waals surface area contributed by atoms with E-state index in [-0.39, 0.29) is 5.41 Å². The van der Waals surface area contributed by atoms with Crippen LogP contribution in [0.5, 0.6) is 0 Å². The first-order valence-corrected chi connectivity index (χ1v) is 3.67. The fourth-order valence-electron chi connectivity index (χ4n) is 0.980. The molecule has 0 heterocycles. The number of hydrogen-bond acceptors (Lipinski definition) is 1. The summed E-state index contributed by atoms with van der Waals surface area (Å²) in [4.78, 5) is 10.1. The van der Waals surface area contributed by atoms with Gasteiger partial charge in [-0.1, -0.05) is 33.3 Å². The lowest BCUT2D eigenvalue weighted by atomic mass is 9.85. The third-order valence-corrected chi connectivity index (χ3v) is 1.61. The number of aldehydes is 1. The normalized spacial score (nSPS) is 13.4. The van der Waals surface area contributed by atoms with Gasteiger partial charge in [0.2, 0.25) is 0 Å². The van der Waals surface area contributed by atoms with E-state index >= 15 is 0 Å². The molecule has 0 unspecified atom stereocenters. The molecule has 58 valence electrons. The van der Waals surface area contributed by atoms with Crippen molar-refractivity contribution in [1.29, 1.82) is 0 Å². The van der Waals surface area contributed by atoms with Gasteiger partial charge in [-0.05, 0) is 17.9 Å². The minimum atomic E-state index is 0.148. The number of carbonyl (C=O) groups is 1. The Morgan fingerprint density at radius 2 is 1.90 bits per heavy atom. The van der Waals surface area contributed by atoms with E-state index in [2.05, 4.69) is 27.7 Å². The fourth-order valence-corrected chi connectivity index (χ4v) is 0.980. The molecule has 0 atom stereocenters. The highest BCUT2D eigenvalue weighted by atomic mass is 16.1. The van der Waals surface area contributed by atoms with Crippen LogP contribution < -0.4 is 0 Å².